The first-order valence-electron chi connectivity index (χ1n) is 4.54. The number of halogens is 1. The summed E-state index contributed by atoms with van der Waals surface area (Å²) in [7, 11) is 1.52. The molecule has 4 heteroatoms. The van der Waals surface area contributed by atoms with Crippen LogP contribution in [0.5, 0.6) is 5.88 Å². The minimum Gasteiger partial charge on any atom is -0.481 e. The van der Waals surface area contributed by atoms with E-state index in [4.69, 9.17) is 10.5 Å². The Morgan fingerprint density at radius 3 is 2.86 bits per heavy atom. The molecule has 0 saturated heterocycles. The lowest BCUT2D eigenvalue weighted by Crippen LogP contribution is -2.04. The predicted octanol–water partition coefficient (Wildman–Crippen LogP) is 1.76. The predicted molar refractivity (Wildman–Crippen MR) is 53.0 cm³/mol. The molecule has 0 spiro atoms. The van der Waals surface area contributed by atoms with Crippen LogP contribution >= 0.6 is 0 Å². The Balaban J connectivity index is 2.90. The average molecular weight is 198 g/mol. The van der Waals surface area contributed by atoms with Gasteiger partial charge in [-0.25, -0.2) is 9.37 Å². The van der Waals surface area contributed by atoms with E-state index < -0.39 is 6.17 Å². The smallest absolute Gasteiger partial charge is 0.213 e. The maximum atomic E-state index is 13.5. The topological polar surface area (TPSA) is 48.1 Å². The molecular formula is C10H15FN2O. The van der Waals surface area contributed by atoms with Crippen LogP contribution in [-0.2, 0) is 0 Å². The Kier molecular flexibility index (Phi) is 3.83. The lowest BCUT2D eigenvalue weighted by atomic mass is 10.1. The summed E-state index contributed by atoms with van der Waals surface area (Å²) in [6.07, 6.45) is -0.706. The maximum Gasteiger partial charge on any atom is 0.213 e. The number of hydrogen-bond donors (Lipinski definition) is 1. The summed E-state index contributed by atoms with van der Waals surface area (Å²) in [5, 5.41) is 0. The number of nitrogens with two attached hydrogens (primary N) is 1. The van der Waals surface area contributed by atoms with Gasteiger partial charge in [0, 0.05) is 11.8 Å². The molecule has 0 fully saturated rings. The molecule has 0 radical (unpaired) electrons. The molecule has 0 aromatic carbocycles. The Bertz CT molecular complexity index is 304. The molecule has 1 rings (SSSR count). The molecule has 0 aliphatic heterocycles. The second-order valence-corrected chi connectivity index (χ2v) is 3.13. The van der Waals surface area contributed by atoms with Crippen LogP contribution in [0.3, 0.4) is 0 Å². The Hall–Kier alpha value is -1.16. The van der Waals surface area contributed by atoms with E-state index in [2.05, 4.69) is 4.98 Å². The largest absolute Gasteiger partial charge is 0.481 e. The molecule has 1 atom stereocenters. The van der Waals surface area contributed by atoms with Gasteiger partial charge in [-0.15, -0.1) is 0 Å². The summed E-state index contributed by atoms with van der Waals surface area (Å²) in [4.78, 5) is 4.07. The monoisotopic (exact) mass is 198 g/mol. The second kappa shape index (κ2) is 4.91. The fraction of sp³-hybridized carbons (Fsp3) is 0.500. The highest BCUT2D eigenvalue weighted by Crippen LogP contribution is 2.23. The van der Waals surface area contributed by atoms with Crippen molar-refractivity contribution >= 4 is 0 Å². The standard InChI is InChI=1S/C10H15FN2O/c1-7-5-8(9(11)3-4-12)6-10(13-7)14-2/h5-6,9H,3-4,12H2,1-2H3. The quantitative estimate of drug-likeness (QED) is 0.801. The molecule has 1 aromatic heterocycles. The average Bonchev–Trinajstić information content (AvgIpc) is 2.17. The van der Waals surface area contributed by atoms with Crippen molar-refractivity contribution in [2.24, 2.45) is 5.73 Å². The molecule has 78 valence electrons. The van der Waals surface area contributed by atoms with Gasteiger partial charge in [-0.3, -0.25) is 0 Å². The van der Waals surface area contributed by atoms with Gasteiger partial charge in [0.1, 0.15) is 6.17 Å². The number of hydrogen-bond acceptors (Lipinski definition) is 3. The van der Waals surface area contributed by atoms with Gasteiger partial charge in [0.2, 0.25) is 5.88 Å². The van der Waals surface area contributed by atoms with E-state index in [1.165, 1.54) is 7.11 Å². The summed E-state index contributed by atoms with van der Waals surface area (Å²) < 4.78 is 18.4. The molecule has 3 nitrogen and oxygen atoms in total. The van der Waals surface area contributed by atoms with Gasteiger partial charge in [0.15, 0.2) is 0 Å². The highest BCUT2D eigenvalue weighted by Gasteiger charge is 2.10. The fourth-order valence-electron chi connectivity index (χ4n) is 1.26. The van der Waals surface area contributed by atoms with Gasteiger partial charge in [-0.2, -0.15) is 0 Å². The number of alkyl halides is 1. The molecule has 1 heterocycles. The van der Waals surface area contributed by atoms with E-state index in [1.807, 2.05) is 0 Å². The zero-order valence-electron chi connectivity index (χ0n) is 8.46. The molecule has 0 bridgehead atoms. The van der Waals surface area contributed by atoms with Crippen molar-refractivity contribution in [3.63, 3.8) is 0 Å². The van der Waals surface area contributed by atoms with Crippen molar-refractivity contribution in [2.75, 3.05) is 13.7 Å². The SMILES string of the molecule is COc1cc(C(F)CCN)cc(C)n1. The van der Waals surface area contributed by atoms with Crippen LogP contribution in [0, 0.1) is 6.92 Å². The van der Waals surface area contributed by atoms with Gasteiger partial charge in [-0.05, 0) is 31.5 Å². The summed E-state index contributed by atoms with van der Waals surface area (Å²) in [5.41, 5.74) is 6.62. The van der Waals surface area contributed by atoms with Crippen molar-refractivity contribution < 1.29 is 9.13 Å². The molecule has 0 aliphatic rings. The van der Waals surface area contributed by atoms with Crippen LogP contribution in [0.1, 0.15) is 23.8 Å². The van der Waals surface area contributed by atoms with E-state index >= 15 is 0 Å². The van der Waals surface area contributed by atoms with Crippen LogP contribution in [0.4, 0.5) is 4.39 Å². The number of aryl methyl sites for hydroxylation is 1. The van der Waals surface area contributed by atoms with Crippen LogP contribution < -0.4 is 10.5 Å². The third-order valence-electron chi connectivity index (χ3n) is 1.94. The fourth-order valence-corrected chi connectivity index (χ4v) is 1.26. The summed E-state index contributed by atoms with van der Waals surface area (Å²) in [6, 6.07) is 3.32. The summed E-state index contributed by atoms with van der Waals surface area (Å²) in [5.74, 6) is 0.444. The molecule has 2 N–H and O–H groups in total. The van der Waals surface area contributed by atoms with Gasteiger partial charge < -0.3 is 10.5 Å². The lowest BCUT2D eigenvalue weighted by molar-refractivity contribution is 0.324. The lowest BCUT2D eigenvalue weighted by Gasteiger charge is -2.09. The zero-order chi connectivity index (χ0) is 10.6. The molecule has 1 aromatic rings. The number of rotatable bonds is 4. The van der Waals surface area contributed by atoms with Crippen molar-refractivity contribution in [2.45, 2.75) is 19.5 Å². The maximum absolute atomic E-state index is 13.5. The third kappa shape index (κ3) is 2.67. The molecule has 0 amide bonds. The number of pyridine rings is 1. The number of nitrogens with zero attached hydrogens (tertiary/aromatic N) is 1. The van der Waals surface area contributed by atoms with Crippen LogP contribution in [-0.4, -0.2) is 18.6 Å². The molecule has 1 unspecified atom stereocenters. The third-order valence-corrected chi connectivity index (χ3v) is 1.94. The Morgan fingerprint density at radius 1 is 1.57 bits per heavy atom. The highest BCUT2D eigenvalue weighted by molar-refractivity contribution is 5.26. The van der Waals surface area contributed by atoms with Crippen molar-refractivity contribution in [1.82, 2.24) is 4.98 Å². The first kappa shape index (κ1) is 10.9. The number of ether oxygens (including phenoxy) is 1. The van der Waals surface area contributed by atoms with Gasteiger partial charge in [-0.1, -0.05) is 0 Å². The first-order valence-corrected chi connectivity index (χ1v) is 4.54. The summed E-state index contributed by atoms with van der Waals surface area (Å²) >= 11 is 0. The van der Waals surface area contributed by atoms with Crippen LogP contribution in [0.15, 0.2) is 12.1 Å². The van der Waals surface area contributed by atoms with Gasteiger partial charge >= 0.3 is 0 Å². The van der Waals surface area contributed by atoms with E-state index in [1.54, 1.807) is 19.1 Å². The summed E-state index contributed by atoms with van der Waals surface area (Å²) in [6.45, 7) is 2.14. The minimum absolute atomic E-state index is 0.326. The van der Waals surface area contributed by atoms with Gasteiger partial charge in [0.05, 0.1) is 7.11 Å². The van der Waals surface area contributed by atoms with Crippen LogP contribution in [0.25, 0.3) is 0 Å². The zero-order valence-corrected chi connectivity index (χ0v) is 8.46. The van der Waals surface area contributed by atoms with E-state index in [0.29, 0.717) is 24.4 Å². The van der Waals surface area contributed by atoms with Crippen molar-refractivity contribution in [1.29, 1.82) is 0 Å². The van der Waals surface area contributed by atoms with Crippen molar-refractivity contribution in [3.05, 3.63) is 23.4 Å². The first-order chi connectivity index (χ1) is 6.67. The minimum atomic E-state index is -1.03. The highest BCUT2D eigenvalue weighted by atomic mass is 19.1. The Morgan fingerprint density at radius 2 is 2.29 bits per heavy atom. The molecule has 0 aliphatic carbocycles. The molecule has 14 heavy (non-hydrogen) atoms. The van der Waals surface area contributed by atoms with Crippen molar-refractivity contribution in [3.8, 4) is 5.88 Å². The van der Waals surface area contributed by atoms with Crippen LogP contribution in [0.2, 0.25) is 0 Å². The normalized spacial score (nSPS) is 12.6. The Labute approximate surface area is 83.1 Å². The number of methoxy groups -OCH3 is 1. The van der Waals surface area contributed by atoms with E-state index in [0.717, 1.165) is 5.69 Å². The van der Waals surface area contributed by atoms with Gasteiger partial charge in [0.25, 0.3) is 0 Å². The van der Waals surface area contributed by atoms with E-state index in [9.17, 15) is 4.39 Å². The number of aromatic nitrogens is 1. The molecule has 0 saturated carbocycles. The second-order valence-electron chi connectivity index (χ2n) is 3.13. The van der Waals surface area contributed by atoms with E-state index in [-0.39, 0.29) is 0 Å². The molecular weight excluding hydrogens is 183 g/mol.